The zero-order valence-electron chi connectivity index (χ0n) is 11.6. The Balaban J connectivity index is 1.77. The molecule has 1 atom stereocenters. The highest BCUT2D eigenvalue weighted by molar-refractivity contribution is 5.96. The number of para-hydroxylation sites is 1. The molecule has 0 saturated carbocycles. The Bertz CT molecular complexity index is 544. The number of hydrogen-bond acceptors (Lipinski definition) is 3. The van der Waals surface area contributed by atoms with Gasteiger partial charge in [0.1, 0.15) is 0 Å². The maximum atomic E-state index is 12.4. The summed E-state index contributed by atoms with van der Waals surface area (Å²) in [6.45, 7) is 3.57. The first kappa shape index (κ1) is 13.1. The third kappa shape index (κ3) is 2.29. The third-order valence-electron chi connectivity index (χ3n) is 4.13. The zero-order valence-corrected chi connectivity index (χ0v) is 11.6. The normalized spacial score (nSPS) is 23.4. The van der Waals surface area contributed by atoms with E-state index in [2.05, 4.69) is 5.32 Å². The fourth-order valence-electron chi connectivity index (χ4n) is 2.95. The summed E-state index contributed by atoms with van der Waals surface area (Å²) in [4.78, 5) is 28.0. The van der Waals surface area contributed by atoms with E-state index in [0.717, 1.165) is 18.5 Å². The predicted octanol–water partition coefficient (Wildman–Crippen LogP) is 1.06. The number of carbonyl (C=O) groups excluding carboxylic acids is 2. The monoisotopic (exact) mass is 273 g/mol. The lowest BCUT2D eigenvalue weighted by atomic mass is 10.1. The Morgan fingerprint density at radius 2 is 2.10 bits per heavy atom. The second-order valence-electron chi connectivity index (χ2n) is 5.34. The average molecular weight is 273 g/mol. The summed E-state index contributed by atoms with van der Waals surface area (Å²) >= 11 is 0. The van der Waals surface area contributed by atoms with E-state index in [4.69, 9.17) is 0 Å². The van der Waals surface area contributed by atoms with Crippen LogP contribution in [0.4, 0.5) is 5.69 Å². The van der Waals surface area contributed by atoms with Crippen molar-refractivity contribution in [2.24, 2.45) is 0 Å². The molecule has 3 rings (SSSR count). The first-order valence-corrected chi connectivity index (χ1v) is 7.09. The number of hydrogen-bond donors (Lipinski definition) is 1. The number of fused-ring (bicyclic) bond motifs is 1. The van der Waals surface area contributed by atoms with Crippen LogP contribution in [0.5, 0.6) is 0 Å². The maximum absolute atomic E-state index is 12.4. The molecule has 0 radical (unpaired) electrons. The van der Waals surface area contributed by atoms with Gasteiger partial charge in [-0.05, 0) is 31.4 Å². The summed E-state index contributed by atoms with van der Waals surface area (Å²) < 4.78 is 0. The predicted molar refractivity (Wildman–Crippen MR) is 76.1 cm³/mol. The second-order valence-corrected chi connectivity index (χ2v) is 5.34. The van der Waals surface area contributed by atoms with Crippen LogP contribution >= 0.6 is 0 Å². The molecule has 20 heavy (non-hydrogen) atoms. The van der Waals surface area contributed by atoms with Crippen molar-refractivity contribution in [1.82, 2.24) is 9.80 Å². The molecule has 0 aromatic heterocycles. The van der Waals surface area contributed by atoms with Gasteiger partial charge >= 0.3 is 0 Å². The molecule has 2 heterocycles. The number of nitrogens with one attached hydrogen (secondary N) is 1. The van der Waals surface area contributed by atoms with Gasteiger partial charge in [0.2, 0.25) is 11.8 Å². The van der Waals surface area contributed by atoms with Gasteiger partial charge in [-0.3, -0.25) is 14.5 Å². The average Bonchev–Trinajstić information content (AvgIpc) is 2.72. The highest BCUT2D eigenvalue weighted by atomic mass is 16.2. The van der Waals surface area contributed by atoms with Crippen LogP contribution in [-0.2, 0) is 16.0 Å². The minimum atomic E-state index is -0.220. The number of likely N-dealkylation sites (N-methyl/N-ethyl adjacent to an activating group) is 1. The SMILES string of the molecule is CCN1CN(C2CCc3ccccc3NC2=O)CC1=O. The summed E-state index contributed by atoms with van der Waals surface area (Å²) in [5, 5.41) is 2.99. The molecule has 1 unspecified atom stereocenters. The third-order valence-corrected chi connectivity index (χ3v) is 4.13. The number of nitrogens with zero attached hydrogens (tertiary/aromatic N) is 2. The Morgan fingerprint density at radius 1 is 1.30 bits per heavy atom. The lowest BCUT2D eigenvalue weighted by Gasteiger charge is -2.24. The molecule has 0 spiro atoms. The van der Waals surface area contributed by atoms with Crippen LogP contribution in [0, 0.1) is 0 Å². The van der Waals surface area contributed by atoms with Gasteiger partial charge in [0, 0.05) is 12.2 Å². The highest BCUT2D eigenvalue weighted by Crippen LogP contribution is 2.25. The van der Waals surface area contributed by atoms with Gasteiger partial charge in [-0.25, -0.2) is 0 Å². The molecule has 2 amide bonds. The first-order chi connectivity index (χ1) is 9.69. The Morgan fingerprint density at radius 3 is 2.85 bits per heavy atom. The molecule has 0 bridgehead atoms. The lowest BCUT2D eigenvalue weighted by molar-refractivity contribution is -0.126. The summed E-state index contributed by atoms with van der Waals surface area (Å²) in [7, 11) is 0. The molecular formula is C15H19N3O2. The fourth-order valence-corrected chi connectivity index (χ4v) is 2.95. The fraction of sp³-hybridized carbons (Fsp3) is 0.467. The molecule has 1 saturated heterocycles. The Labute approximate surface area is 118 Å². The molecule has 0 aliphatic carbocycles. The van der Waals surface area contributed by atoms with Crippen molar-refractivity contribution in [2.75, 3.05) is 25.1 Å². The molecule has 1 aromatic rings. The summed E-state index contributed by atoms with van der Waals surface area (Å²) in [6, 6.07) is 7.68. The molecule has 106 valence electrons. The van der Waals surface area contributed by atoms with Crippen LogP contribution < -0.4 is 5.32 Å². The van der Waals surface area contributed by atoms with Crippen molar-refractivity contribution in [2.45, 2.75) is 25.8 Å². The molecule has 5 nitrogen and oxygen atoms in total. The van der Waals surface area contributed by atoms with Gasteiger partial charge in [-0.1, -0.05) is 18.2 Å². The van der Waals surface area contributed by atoms with Crippen LogP contribution in [-0.4, -0.2) is 47.4 Å². The van der Waals surface area contributed by atoms with E-state index in [9.17, 15) is 9.59 Å². The van der Waals surface area contributed by atoms with E-state index in [1.54, 1.807) is 4.90 Å². The smallest absolute Gasteiger partial charge is 0.241 e. The number of benzene rings is 1. The van der Waals surface area contributed by atoms with Crippen LogP contribution in [0.15, 0.2) is 24.3 Å². The number of rotatable bonds is 2. The molecule has 2 aliphatic rings. The quantitative estimate of drug-likeness (QED) is 0.876. The molecular weight excluding hydrogens is 254 g/mol. The van der Waals surface area contributed by atoms with Crippen LogP contribution in [0.2, 0.25) is 0 Å². The largest absolute Gasteiger partial charge is 0.329 e. The van der Waals surface area contributed by atoms with E-state index in [0.29, 0.717) is 19.8 Å². The Kier molecular flexibility index (Phi) is 3.44. The molecule has 1 N–H and O–H groups in total. The summed E-state index contributed by atoms with van der Waals surface area (Å²) in [6.07, 6.45) is 1.62. The molecule has 5 heteroatoms. The van der Waals surface area contributed by atoms with Crippen LogP contribution in [0.25, 0.3) is 0 Å². The van der Waals surface area contributed by atoms with E-state index in [1.165, 1.54) is 5.56 Å². The van der Waals surface area contributed by atoms with Crippen molar-refractivity contribution >= 4 is 17.5 Å². The van der Waals surface area contributed by atoms with Gasteiger partial charge in [0.05, 0.1) is 19.3 Å². The molecule has 2 aliphatic heterocycles. The summed E-state index contributed by atoms with van der Waals surface area (Å²) in [5.41, 5.74) is 2.07. The van der Waals surface area contributed by atoms with Gasteiger partial charge < -0.3 is 10.2 Å². The van der Waals surface area contributed by atoms with E-state index < -0.39 is 0 Å². The van der Waals surface area contributed by atoms with Crippen LogP contribution in [0.1, 0.15) is 18.9 Å². The van der Waals surface area contributed by atoms with Crippen molar-refractivity contribution in [1.29, 1.82) is 0 Å². The summed E-state index contributed by atoms with van der Waals surface area (Å²) in [5.74, 6) is 0.114. The molecule has 1 fully saturated rings. The standard InChI is InChI=1S/C15H19N3O2/c1-2-17-10-18(9-14(17)19)13-8-7-11-5-3-4-6-12(11)16-15(13)20/h3-6,13H,2,7-10H2,1H3,(H,16,20). The van der Waals surface area contributed by atoms with E-state index in [-0.39, 0.29) is 17.9 Å². The van der Waals surface area contributed by atoms with Crippen molar-refractivity contribution in [3.8, 4) is 0 Å². The van der Waals surface area contributed by atoms with Crippen molar-refractivity contribution in [3.05, 3.63) is 29.8 Å². The minimum absolute atomic E-state index is 0.000651. The zero-order chi connectivity index (χ0) is 14.1. The van der Waals surface area contributed by atoms with E-state index in [1.807, 2.05) is 36.1 Å². The highest BCUT2D eigenvalue weighted by Gasteiger charge is 2.36. The van der Waals surface area contributed by atoms with Gasteiger partial charge in [-0.15, -0.1) is 0 Å². The van der Waals surface area contributed by atoms with Gasteiger partial charge in [0.25, 0.3) is 0 Å². The lowest BCUT2D eigenvalue weighted by Crippen LogP contribution is -2.43. The molecule has 1 aromatic carbocycles. The number of anilines is 1. The second kappa shape index (κ2) is 5.25. The topological polar surface area (TPSA) is 52.6 Å². The van der Waals surface area contributed by atoms with Crippen molar-refractivity contribution < 1.29 is 9.59 Å². The number of amides is 2. The first-order valence-electron chi connectivity index (χ1n) is 7.09. The Hall–Kier alpha value is -1.88. The maximum Gasteiger partial charge on any atom is 0.241 e. The van der Waals surface area contributed by atoms with Crippen molar-refractivity contribution in [3.63, 3.8) is 0 Å². The minimum Gasteiger partial charge on any atom is -0.329 e. The van der Waals surface area contributed by atoms with Gasteiger partial charge in [-0.2, -0.15) is 0 Å². The number of carbonyl (C=O) groups is 2. The van der Waals surface area contributed by atoms with Gasteiger partial charge in [0.15, 0.2) is 0 Å². The van der Waals surface area contributed by atoms with Crippen LogP contribution in [0.3, 0.4) is 0 Å². The van der Waals surface area contributed by atoms with E-state index >= 15 is 0 Å². The number of aryl methyl sites for hydroxylation is 1.